The Bertz CT molecular complexity index is 520. The van der Waals surface area contributed by atoms with Crippen LogP contribution in [-0.2, 0) is 6.42 Å². The number of hydrogen-bond donors (Lipinski definition) is 1. The number of benzene rings is 1. The summed E-state index contributed by atoms with van der Waals surface area (Å²) >= 11 is 0. The Kier molecular flexibility index (Phi) is 3.67. The van der Waals surface area contributed by atoms with E-state index in [4.69, 9.17) is 0 Å². The normalized spacial score (nSPS) is 12.4. The minimum atomic E-state index is -0.967. The highest BCUT2D eigenvalue weighted by atomic mass is 19.1. The number of aliphatic hydroxyl groups is 1. The van der Waals surface area contributed by atoms with Gasteiger partial charge in [-0.25, -0.2) is 8.78 Å². The Hall–Kier alpha value is -1.81. The first-order valence-electron chi connectivity index (χ1n) is 5.60. The monoisotopic (exact) mass is 249 g/mol. The summed E-state index contributed by atoms with van der Waals surface area (Å²) < 4.78 is 26.0. The highest BCUT2D eigenvalue weighted by Gasteiger charge is 2.12. The topological polar surface area (TPSA) is 33.1 Å². The Labute approximate surface area is 104 Å². The van der Waals surface area contributed by atoms with Crippen molar-refractivity contribution in [2.75, 3.05) is 0 Å². The molecule has 94 valence electrons. The molecule has 1 aromatic carbocycles. The third-order valence-corrected chi connectivity index (χ3v) is 2.64. The van der Waals surface area contributed by atoms with Gasteiger partial charge in [0.25, 0.3) is 0 Å². The summed E-state index contributed by atoms with van der Waals surface area (Å²) in [6, 6.07) is 6.69. The maximum Gasteiger partial charge on any atom is 0.126 e. The van der Waals surface area contributed by atoms with Crippen LogP contribution in [0.1, 0.15) is 22.9 Å². The van der Waals surface area contributed by atoms with Crippen molar-refractivity contribution in [3.63, 3.8) is 0 Å². The lowest BCUT2D eigenvalue weighted by Gasteiger charge is -2.11. The van der Waals surface area contributed by atoms with Crippen molar-refractivity contribution in [1.29, 1.82) is 0 Å². The summed E-state index contributed by atoms with van der Waals surface area (Å²) in [5, 5.41) is 9.92. The van der Waals surface area contributed by atoms with Gasteiger partial charge in [0.15, 0.2) is 0 Å². The van der Waals surface area contributed by atoms with E-state index in [0.717, 1.165) is 23.8 Å². The van der Waals surface area contributed by atoms with E-state index in [2.05, 4.69) is 4.98 Å². The van der Waals surface area contributed by atoms with Gasteiger partial charge in [0, 0.05) is 24.4 Å². The fraction of sp³-hybridized carbons (Fsp3) is 0.214. The number of halogens is 2. The van der Waals surface area contributed by atoms with Crippen molar-refractivity contribution in [2.24, 2.45) is 0 Å². The van der Waals surface area contributed by atoms with E-state index in [1.807, 2.05) is 13.0 Å². The second kappa shape index (κ2) is 5.23. The summed E-state index contributed by atoms with van der Waals surface area (Å²) in [6.07, 6.45) is 0.947. The molecule has 0 saturated heterocycles. The van der Waals surface area contributed by atoms with E-state index in [-0.39, 0.29) is 12.0 Å². The summed E-state index contributed by atoms with van der Waals surface area (Å²) in [4.78, 5) is 4.14. The molecule has 0 aliphatic carbocycles. The van der Waals surface area contributed by atoms with Crippen molar-refractivity contribution >= 4 is 0 Å². The number of aromatic nitrogens is 1. The van der Waals surface area contributed by atoms with Crippen molar-refractivity contribution < 1.29 is 13.9 Å². The molecule has 18 heavy (non-hydrogen) atoms. The van der Waals surface area contributed by atoms with Crippen LogP contribution in [0.25, 0.3) is 0 Å². The average Bonchev–Trinajstić information content (AvgIpc) is 2.31. The van der Waals surface area contributed by atoms with Crippen LogP contribution in [-0.4, -0.2) is 10.1 Å². The van der Waals surface area contributed by atoms with Crippen LogP contribution in [0.3, 0.4) is 0 Å². The first kappa shape index (κ1) is 12.6. The molecular weight excluding hydrogens is 236 g/mol. The number of pyridine rings is 1. The summed E-state index contributed by atoms with van der Waals surface area (Å²) in [5.41, 5.74) is 1.91. The van der Waals surface area contributed by atoms with Gasteiger partial charge in [0.05, 0.1) is 6.10 Å². The third-order valence-electron chi connectivity index (χ3n) is 2.64. The molecule has 0 spiro atoms. The number of rotatable bonds is 3. The predicted molar refractivity (Wildman–Crippen MR) is 64.0 cm³/mol. The Morgan fingerprint density at radius 1 is 1.17 bits per heavy atom. The van der Waals surface area contributed by atoms with E-state index < -0.39 is 17.7 Å². The van der Waals surface area contributed by atoms with Crippen LogP contribution in [0.15, 0.2) is 36.5 Å². The molecule has 0 aliphatic heterocycles. The van der Waals surface area contributed by atoms with Crippen LogP contribution in [0.5, 0.6) is 0 Å². The van der Waals surface area contributed by atoms with Crippen molar-refractivity contribution in [3.05, 3.63) is 65.0 Å². The molecule has 2 aromatic rings. The lowest BCUT2D eigenvalue weighted by Crippen LogP contribution is -2.04. The molecule has 0 saturated carbocycles. The number of aliphatic hydroxyl groups excluding tert-OH is 1. The maximum atomic E-state index is 13.0. The third kappa shape index (κ3) is 3.11. The molecule has 1 heterocycles. The molecule has 0 radical (unpaired) electrons. The van der Waals surface area contributed by atoms with Crippen molar-refractivity contribution in [2.45, 2.75) is 19.4 Å². The molecule has 1 atom stereocenters. The minimum Gasteiger partial charge on any atom is -0.388 e. The average molecular weight is 249 g/mol. The Morgan fingerprint density at radius 2 is 1.83 bits per heavy atom. The molecule has 0 amide bonds. The van der Waals surface area contributed by atoms with E-state index in [1.54, 1.807) is 12.3 Å². The van der Waals surface area contributed by atoms with Crippen LogP contribution in [0.4, 0.5) is 8.78 Å². The minimum absolute atomic E-state index is 0.217. The molecule has 1 unspecified atom stereocenters. The first-order valence-corrected chi connectivity index (χ1v) is 5.60. The van der Waals surface area contributed by atoms with Gasteiger partial charge >= 0.3 is 0 Å². The first-order chi connectivity index (χ1) is 8.54. The van der Waals surface area contributed by atoms with Gasteiger partial charge in [-0.1, -0.05) is 6.07 Å². The van der Waals surface area contributed by atoms with Gasteiger partial charge in [-0.2, -0.15) is 0 Å². The second-order valence-corrected chi connectivity index (χ2v) is 4.25. The van der Waals surface area contributed by atoms with E-state index >= 15 is 0 Å². The standard InChI is InChI=1S/C14H13F2NO/c1-9-2-3-13(17-8-9)7-14(18)10-4-11(15)6-12(16)5-10/h2-6,8,14,18H,7H2,1H3. The number of aryl methyl sites for hydroxylation is 1. The highest BCUT2D eigenvalue weighted by Crippen LogP contribution is 2.19. The largest absolute Gasteiger partial charge is 0.388 e. The zero-order valence-electron chi connectivity index (χ0n) is 9.90. The van der Waals surface area contributed by atoms with Crippen LogP contribution in [0, 0.1) is 18.6 Å². The van der Waals surface area contributed by atoms with Crippen LogP contribution >= 0.6 is 0 Å². The van der Waals surface area contributed by atoms with Gasteiger partial charge in [0.1, 0.15) is 11.6 Å². The highest BCUT2D eigenvalue weighted by molar-refractivity contribution is 5.22. The Balaban J connectivity index is 2.16. The molecule has 1 N–H and O–H groups in total. The molecule has 0 fully saturated rings. The summed E-state index contributed by atoms with van der Waals surface area (Å²) in [5.74, 6) is -1.39. The summed E-state index contributed by atoms with van der Waals surface area (Å²) in [7, 11) is 0. The molecule has 1 aromatic heterocycles. The number of hydrogen-bond acceptors (Lipinski definition) is 2. The molecule has 0 aliphatic rings. The fourth-order valence-corrected chi connectivity index (χ4v) is 1.70. The smallest absolute Gasteiger partial charge is 0.126 e. The molecule has 4 heteroatoms. The zero-order chi connectivity index (χ0) is 13.1. The lowest BCUT2D eigenvalue weighted by atomic mass is 10.0. The fourth-order valence-electron chi connectivity index (χ4n) is 1.70. The molecule has 0 bridgehead atoms. The Morgan fingerprint density at radius 3 is 2.39 bits per heavy atom. The van der Waals surface area contributed by atoms with E-state index in [1.165, 1.54) is 0 Å². The van der Waals surface area contributed by atoms with E-state index in [9.17, 15) is 13.9 Å². The second-order valence-electron chi connectivity index (χ2n) is 4.25. The molecule has 2 rings (SSSR count). The van der Waals surface area contributed by atoms with Crippen LogP contribution < -0.4 is 0 Å². The summed E-state index contributed by atoms with van der Waals surface area (Å²) in [6.45, 7) is 1.91. The number of nitrogens with zero attached hydrogens (tertiary/aromatic N) is 1. The molecular formula is C14H13F2NO. The van der Waals surface area contributed by atoms with E-state index in [0.29, 0.717) is 5.69 Å². The van der Waals surface area contributed by atoms with Gasteiger partial charge in [-0.3, -0.25) is 4.98 Å². The molecule has 2 nitrogen and oxygen atoms in total. The quantitative estimate of drug-likeness (QED) is 0.907. The van der Waals surface area contributed by atoms with Crippen LogP contribution in [0.2, 0.25) is 0 Å². The maximum absolute atomic E-state index is 13.0. The van der Waals surface area contributed by atoms with Crippen molar-refractivity contribution in [3.8, 4) is 0 Å². The zero-order valence-corrected chi connectivity index (χ0v) is 9.90. The van der Waals surface area contributed by atoms with Gasteiger partial charge < -0.3 is 5.11 Å². The van der Waals surface area contributed by atoms with Gasteiger partial charge in [-0.15, -0.1) is 0 Å². The lowest BCUT2D eigenvalue weighted by molar-refractivity contribution is 0.176. The van der Waals surface area contributed by atoms with Gasteiger partial charge in [0.2, 0.25) is 0 Å². The van der Waals surface area contributed by atoms with Gasteiger partial charge in [-0.05, 0) is 36.2 Å². The SMILES string of the molecule is Cc1ccc(CC(O)c2cc(F)cc(F)c2)nc1. The van der Waals surface area contributed by atoms with Crippen molar-refractivity contribution in [1.82, 2.24) is 4.98 Å². The predicted octanol–water partition coefficient (Wildman–Crippen LogP) is 2.94.